The molecule has 0 aliphatic carbocycles. The summed E-state index contributed by atoms with van der Waals surface area (Å²) in [6, 6.07) is 12.1. The molecule has 6 heteroatoms. The summed E-state index contributed by atoms with van der Waals surface area (Å²) < 4.78 is 18.3. The van der Waals surface area contributed by atoms with E-state index in [0.717, 1.165) is 28.3 Å². The minimum atomic E-state index is -0.469. The quantitative estimate of drug-likeness (QED) is 0.381. The summed E-state index contributed by atoms with van der Waals surface area (Å²) in [6.07, 6.45) is 14.4. The molecule has 0 saturated heterocycles. The highest BCUT2D eigenvalue weighted by Crippen LogP contribution is 2.25. The monoisotopic (exact) mass is 425 g/mol. The highest BCUT2D eigenvalue weighted by molar-refractivity contribution is 5.81. The number of pyridine rings is 1. The minimum absolute atomic E-state index is 0. The van der Waals surface area contributed by atoms with Gasteiger partial charge in [-0.25, -0.2) is 4.79 Å². The molecule has 0 amide bonds. The minimum Gasteiger partial charge on any atom is -1.00 e. The molecule has 1 aromatic carbocycles. The first-order valence-corrected chi connectivity index (χ1v) is 9.34. The highest BCUT2D eigenvalue weighted by atomic mass is 35.5. The van der Waals surface area contributed by atoms with Gasteiger partial charge in [-0.3, -0.25) is 0 Å². The lowest BCUT2D eigenvalue weighted by atomic mass is 10.1. The average molecular weight is 426 g/mol. The summed E-state index contributed by atoms with van der Waals surface area (Å²) in [5.74, 6) is -0.468. The van der Waals surface area contributed by atoms with Crippen LogP contribution in [0.25, 0.3) is 18.4 Å². The van der Waals surface area contributed by atoms with E-state index < -0.39 is 12.3 Å². The molecule has 0 N–H and O–H groups in total. The zero-order valence-corrected chi connectivity index (χ0v) is 17.5. The van der Waals surface area contributed by atoms with Crippen LogP contribution in [0.4, 0.5) is 0 Å². The van der Waals surface area contributed by atoms with Crippen molar-refractivity contribution in [3.63, 3.8) is 0 Å². The largest absolute Gasteiger partial charge is 1.00 e. The standard InChI is InChI=1S/C24H24NO4.ClH/c1-3-13-25-14-11-20(12-15-25)6-5-19-7-9-22(10-8-19)24-28-17-21(18-29-24)16-27-23(26)4-2;/h3-15,17,24H,2,16,18H2,1H3;1H/q+1;/p-1. The van der Waals surface area contributed by atoms with Crippen molar-refractivity contribution < 1.29 is 36.0 Å². The van der Waals surface area contributed by atoms with E-state index in [1.165, 1.54) is 0 Å². The Labute approximate surface area is 183 Å². The molecule has 2 heterocycles. The molecule has 5 nitrogen and oxygen atoms in total. The fourth-order valence-electron chi connectivity index (χ4n) is 2.68. The van der Waals surface area contributed by atoms with Crippen LogP contribution in [0.5, 0.6) is 0 Å². The van der Waals surface area contributed by atoms with Crippen LogP contribution in [0.2, 0.25) is 0 Å². The molecule has 1 aromatic heterocycles. The van der Waals surface area contributed by atoms with Crippen LogP contribution in [0.3, 0.4) is 0 Å². The lowest BCUT2D eigenvalue weighted by molar-refractivity contribution is -0.568. The average Bonchev–Trinajstić information content (AvgIpc) is 2.78. The molecule has 1 atom stereocenters. The molecule has 1 aliphatic heterocycles. The van der Waals surface area contributed by atoms with Gasteiger partial charge in [-0.2, -0.15) is 4.57 Å². The molecular formula is C24H24ClNO4. The molecule has 30 heavy (non-hydrogen) atoms. The van der Waals surface area contributed by atoms with Gasteiger partial charge in [0.1, 0.15) is 6.61 Å². The van der Waals surface area contributed by atoms with Gasteiger partial charge in [0.15, 0.2) is 18.6 Å². The van der Waals surface area contributed by atoms with E-state index in [1.54, 1.807) is 6.26 Å². The van der Waals surface area contributed by atoms with E-state index in [1.807, 2.05) is 60.4 Å². The molecule has 0 saturated carbocycles. The number of esters is 1. The predicted molar refractivity (Wildman–Crippen MR) is 112 cm³/mol. The second-order valence-electron chi connectivity index (χ2n) is 6.43. The SMILES string of the molecule is C=CC(=O)OCC1=COC(c2ccc(C=Cc3cc[n+](C=CC)cc3)cc2)OC1.[Cl-]. The highest BCUT2D eigenvalue weighted by Gasteiger charge is 2.18. The Morgan fingerprint density at radius 1 is 1.17 bits per heavy atom. The van der Waals surface area contributed by atoms with Crippen molar-refractivity contribution in [2.45, 2.75) is 13.2 Å². The Hall–Kier alpha value is -3.15. The Bertz CT molecular complexity index is 931. The Balaban J connectivity index is 0.00000320. The van der Waals surface area contributed by atoms with Gasteiger partial charge in [-0.05, 0) is 24.1 Å². The summed E-state index contributed by atoms with van der Waals surface area (Å²) in [7, 11) is 0. The number of carbonyl (C=O) groups is 1. The van der Waals surface area contributed by atoms with Crippen LogP contribution in [0.15, 0.2) is 79.4 Å². The van der Waals surface area contributed by atoms with Gasteiger partial charge in [0.25, 0.3) is 0 Å². The summed E-state index contributed by atoms with van der Waals surface area (Å²) in [5, 5.41) is 0. The van der Waals surface area contributed by atoms with Crippen molar-refractivity contribution in [3.8, 4) is 0 Å². The van der Waals surface area contributed by atoms with Gasteiger partial charge in [0, 0.05) is 29.3 Å². The van der Waals surface area contributed by atoms with E-state index >= 15 is 0 Å². The molecule has 1 aliphatic rings. The number of allylic oxidation sites excluding steroid dienone is 1. The third-order valence-electron chi connectivity index (χ3n) is 4.22. The van der Waals surface area contributed by atoms with E-state index in [9.17, 15) is 4.79 Å². The second-order valence-corrected chi connectivity index (χ2v) is 6.43. The number of ether oxygens (including phenoxy) is 3. The summed E-state index contributed by atoms with van der Waals surface area (Å²) >= 11 is 0. The lowest BCUT2D eigenvalue weighted by Crippen LogP contribution is -3.00. The molecule has 2 aromatic rings. The zero-order valence-electron chi connectivity index (χ0n) is 16.7. The van der Waals surface area contributed by atoms with Crippen LogP contribution in [-0.2, 0) is 19.0 Å². The van der Waals surface area contributed by atoms with Crippen molar-refractivity contribution in [1.29, 1.82) is 0 Å². The van der Waals surface area contributed by atoms with E-state index in [0.29, 0.717) is 6.61 Å². The fourth-order valence-corrected chi connectivity index (χ4v) is 2.68. The molecule has 0 bridgehead atoms. The maximum absolute atomic E-state index is 11.1. The number of carbonyl (C=O) groups excluding carboxylic acids is 1. The molecule has 0 radical (unpaired) electrons. The van der Waals surface area contributed by atoms with E-state index in [-0.39, 0.29) is 19.0 Å². The van der Waals surface area contributed by atoms with Crippen molar-refractivity contribution in [2.75, 3.05) is 13.2 Å². The molecular weight excluding hydrogens is 402 g/mol. The Morgan fingerprint density at radius 2 is 1.83 bits per heavy atom. The Morgan fingerprint density at radius 3 is 2.40 bits per heavy atom. The molecule has 0 spiro atoms. The topological polar surface area (TPSA) is 48.6 Å². The predicted octanol–water partition coefficient (Wildman–Crippen LogP) is 1.30. The van der Waals surface area contributed by atoms with Gasteiger partial charge >= 0.3 is 5.97 Å². The summed E-state index contributed by atoms with van der Waals surface area (Å²) in [6.45, 7) is 5.83. The molecule has 0 fully saturated rings. The number of benzene rings is 1. The number of aromatic nitrogens is 1. The van der Waals surface area contributed by atoms with Gasteiger partial charge in [0.2, 0.25) is 6.29 Å². The van der Waals surface area contributed by atoms with Crippen LogP contribution in [0.1, 0.15) is 29.9 Å². The number of halogens is 1. The number of hydrogen-bond donors (Lipinski definition) is 0. The third-order valence-corrected chi connectivity index (χ3v) is 4.22. The third kappa shape index (κ3) is 6.72. The van der Waals surface area contributed by atoms with Gasteiger partial charge < -0.3 is 26.6 Å². The summed E-state index contributed by atoms with van der Waals surface area (Å²) in [4.78, 5) is 11.1. The first-order valence-electron chi connectivity index (χ1n) is 9.34. The molecule has 3 rings (SSSR count). The van der Waals surface area contributed by atoms with E-state index in [4.69, 9.17) is 14.2 Å². The van der Waals surface area contributed by atoms with Crippen LogP contribution < -0.4 is 17.0 Å². The lowest BCUT2D eigenvalue weighted by Gasteiger charge is -2.23. The number of nitrogens with zero attached hydrogens (tertiary/aromatic N) is 1. The maximum Gasteiger partial charge on any atom is 0.330 e. The second kappa shape index (κ2) is 11.8. The fraction of sp³-hybridized carbons (Fsp3) is 0.167. The smallest absolute Gasteiger partial charge is 0.330 e. The molecule has 156 valence electrons. The van der Waals surface area contributed by atoms with Gasteiger partial charge in [0.05, 0.1) is 12.9 Å². The first-order chi connectivity index (χ1) is 14.2. The van der Waals surface area contributed by atoms with Crippen LogP contribution in [0, 0.1) is 0 Å². The van der Waals surface area contributed by atoms with Crippen LogP contribution in [-0.4, -0.2) is 19.2 Å². The van der Waals surface area contributed by atoms with Gasteiger partial charge in [-0.1, -0.05) is 43.0 Å². The maximum atomic E-state index is 11.1. The number of hydrogen-bond acceptors (Lipinski definition) is 4. The summed E-state index contributed by atoms with van der Waals surface area (Å²) in [5.41, 5.74) is 3.90. The van der Waals surface area contributed by atoms with Crippen molar-refractivity contribution in [1.82, 2.24) is 0 Å². The van der Waals surface area contributed by atoms with Gasteiger partial charge in [-0.15, -0.1) is 0 Å². The first kappa shape index (κ1) is 23.1. The van der Waals surface area contributed by atoms with Crippen LogP contribution >= 0.6 is 0 Å². The normalized spacial score (nSPS) is 15.9. The molecule has 1 unspecified atom stereocenters. The Kier molecular flexibility index (Phi) is 9.06. The van der Waals surface area contributed by atoms with Crippen molar-refractivity contribution >= 4 is 24.3 Å². The van der Waals surface area contributed by atoms with Crippen molar-refractivity contribution in [2.24, 2.45) is 0 Å². The van der Waals surface area contributed by atoms with Crippen molar-refractivity contribution in [3.05, 3.63) is 96.0 Å². The zero-order chi connectivity index (χ0) is 20.5. The number of rotatable bonds is 7. The van der Waals surface area contributed by atoms with E-state index in [2.05, 4.69) is 30.9 Å².